The molecule has 2 aromatic carbocycles. The lowest BCUT2D eigenvalue weighted by atomic mass is 10.0. The third kappa shape index (κ3) is 7.00. The smallest absolute Gasteiger partial charge is 0.328 e. The molecule has 12 heteroatoms. The zero-order chi connectivity index (χ0) is 28.2. The first-order chi connectivity index (χ1) is 18.6. The van der Waals surface area contributed by atoms with Gasteiger partial charge in [-0.05, 0) is 74.1 Å². The second kappa shape index (κ2) is 12.2. The topological polar surface area (TPSA) is 149 Å². The number of esters is 1. The molecule has 0 aromatic heterocycles. The SMILES string of the molecule is COC(=O)[C@@H]1CCCN1C(=O)c1ccc(N2CCCC[C@@H]2NCC(O)c2ccc(O)c(NS(C)(=O)=O)c2)cc1. The summed E-state index contributed by atoms with van der Waals surface area (Å²) in [4.78, 5) is 28.9. The minimum absolute atomic E-state index is 0.00909. The number of carbonyl (C=O) groups is 2. The maximum absolute atomic E-state index is 13.1. The van der Waals surface area contributed by atoms with Gasteiger partial charge in [-0.3, -0.25) is 14.8 Å². The molecular weight excluding hydrogens is 524 g/mol. The molecule has 11 nitrogen and oxygen atoms in total. The molecule has 1 unspecified atom stereocenters. The summed E-state index contributed by atoms with van der Waals surface area (Å²) in [6, 6.07) is 11.1. The van der Waals surface area contributed by atoms with Gasteiger partial charge in [-0.15, -0.1) is 0 Å². The lowest BCUT2D eigenvalue weighted by Crippen LogP contribution is -2.50. The zero-order valence-corrected chi connectivity index (χ0v) is 23.0. The standard InChI is InChI=1S/C27H36N4O7S/c1-38-27(35)22-6-5-15-31(22)26(34)18-8-11-20(12-9-18)30-14-4-3-7-25(30)28-17-24(33)19-10-13-23(32)21(16-19)29-39(2,36)37/h8-13,16,22,24-25,28-29,32-33H,3-7,14-15,17H2,1-2H3/t22-,24?,25+/m0/s1. The molecule has 0 spiro atoms. The van der Waals surface area contributed by atoms with Crippen molar-refractivity contribution in [1.82, 2.24) is 10.2 Å². The Morgan fingerprint density at radius 2 is 1.82 bits per heavy atom. The van der Waals surface area contributed by atoms with Crippen LogP contribution >= 0.6 is 0 Å². The number of hydrogen-bond donors (Lipinski definition) is 4. The molecule has 0 radical (unpaired) electrons. The number of likely N-dealkylation sites (tertiary alicyclic amines) is 1. The molecule has 0 aliphatic carbocycles. The molecule has 0 bridgehead atoms. The summed E-state index contributed by atoms with van der Waals surface area (Å²) < 4.78 is 30.3. The Morgan fingerprint density at radius 1 is 1.08 bits per heavy atom. The number of nitrogens with zero attached hydrogens (tertiary/aromatic N) is 2. The number of ether oxygens (including phenoxy) is 1. The van der Waals surface area contributed by atoms with Crippen LogP contribution in [0.5, 0.6) is 5.75 Å². The Morgan fingerprint density at radius 3 is 2.51 bits per heavy atom. The fraction of sp³-hybridized carbons (Fsp3) is 0.481. The average Bonchev–Trinajstić information content (AvgIpc) is 3.42. The molecule has 4 N–H and O–H groups in total. The number of aliphatic hydroxyl groups is 1. The van der Waals surface area contributed by atoms with Gasteiger partial charge in [-0.1, -0.05) is 6.07 Å². The maximum Gasteiger partial charge on any atom is 0.328 e. The van der Waals surface area contributed by atoms with E-state index in [0.717, 1.165) is 44.2 Å². The van der Waals surface area contributed by atoms with Gasteiger partial charge in [0.25, 0.3) is 5.91 Å². The van der Waals surface area contributed by atoms with E-state index < -0.39 is 28.1 Å². The van der Waals surface area contributed by atoms with Crippen LogP contribution in [0.3, 0.4) is 0 Å². The Bertz CT molecular complexity index is 1290. The summed E-state index contributed by atoms with van der Waals surface area (Å²) in [5.74, 6) is -0.808. The Hall–Kier alpha value is -3.35. The van der Waals surface area contributed by atoms with Crippen LogP contribution in [0.15, 0.2) is 42.5 Å². The number of carbonyl (C=O) groups excluding carboxylic acids is 2. The third-order valence-corrected chi connectivity index (χ3v) is 7.77. The second-order valence-corrected chi connectivity index (χ2v) is 11.8. The third-order valence-electron chi connectivity index (χ3n) is 7.18. The molecule has 2 aromatic rings. The predicted molar refractivity (Wildman–Crippen MR) is 147 cm³/mol. The van der Waals surface area contributed by atoms with E-state index in [-0.39, 0.29) is 30.1 Å². The largest absolute Gasteiger partial charge is 0.506 e. The number of sulfonamides is 1. The van der Waals surface area contributed by atoms with Gasteiger partial charge in [0.2, 0.25) is 10.0 Å². The monoisotopic (exact) mass is 560 g/mol. The van der Waals surface area contributed by atoms with Crippen molar-refractivity contribution in [2.75, 3.05) is 42.6 Å². The molecule has 1 amide bonds. The number of methoxy groups -OCH3 is 1. The zero-order valence-electron chi connectivity index (χ0n) is 22.2. The average molecular weight is 561 g/mol. The first kappa shape index (κ1) is 28.7. The van der Waals surface area contributed by atoms with Gasteiger partial charge in [0.1, 0.15) is 11.8 Å². The molecule has 2 heterocycles. The summed E-state index contributed by atoms with van der Waals surface area (Å²) in [6.45, 7) is 1.54. The lowest BCUT2D eigenvalue weighted by molar-refractivity contribution is -0.145. The summed E-state index contributed by atoms with van der Waals surface area (Å²) in [5.41, 5.74) is 1.92. The first-order valence-electron chi connectivity index (χ1n) is 13.0. The summed E-state index contributed by atoms with van der Waals surface area (Å²) >= 11 is 0. The van der Waals surface area contributed by atoms with Crippen molar-refractivity contribution < 1.29 is 33.0 Å². The predicted octanol–water partition coefficient (Wildman–Crippen LogP) is 2.18. The molecular formula is C27H36N4O7S. The number of phenols is 1. The molecule has 4 rings (SSSR count). The highest BCUT2D eigenvalue weighted by Gasteiger charge is 2.35. The van der Waals surface area contributed by atoms with Gasteiger partial charge in [-0.2, -0.15) is 0 Å². The van der Waals surface area contributed by atoms with Crippen LogP contribution in [0, 0.1) is 0 Å². The van der Waals surface area contributed by atoms with Gasteiger partial charge in [-0.25, -0.2) is 13.2 Å². The van der Waals surface area contributed by atoms with Gasteiger partial charge in [0.15, 0.2) is 0 Å². The van der Waals surface area contributed by atoms with E-state index in [1.807, 2.05) is 12.1 Å². The quantitative estimate of drug-likeness (QED) is 0.267. The van der Waals surface area contributed by atoms with Crippen molar-refractivity contribution in [1.29, 1.82) is 0 Å². The normalized spacial score (nSPS) is 20.5. The number of piperidine rings is 1. The minimum Gasteiger partial charge on any atom is -0.506 e. The number of phenolic OH excluding ortho intramolecular Hbond substituents is 1. The number of hydrogen-bond acceptors (Lipinski definition) is 9. The summed E-state index contributed by atoms with van der Waals surface area (Å²) in [6.07, 6.45) is 4.25. The van der Waals surface area contributed by atoms with E-state index in [4.69, 9.17) is 4.74 Å². The van der Waals surface area contributed by atoms with Crippen LogP contribution in [0.25, 0.3) is 0 Å². The summed E-state index contributed by atoms with van der Waals surface area (Å²) in [5, 5.41) is 24.2. The molecule has 39 heavy (non-hydrogen) atoms. The van der Waals surface area contributed by atoms with Crippen molar-refractivity contribution in [2.24, 2.45) is 0 Å². The van der Waals surface area contributed by atoms with Gasteiger partial charge >= 0.3 is 5.97 Å². The molecule has 0 saturated carbocycles. The number of amides is 1. The molecule has 2 fully saturated rings. The van der Waals surface area contributed by atoms with Gasteiger partial charge in [0.05, 0.1) is 31.3 Å². The minimum atomic E-state index is -3.59. The fourth-order valence-corrected chi connectivity index (χ4v) is 5.78. The van der Waals surface area contributed by atoms with Crippen LogP contribution in [0.4, 0.5) is 11.4 Å². The molecule has 2 aliphatic heterocycles. The van der Waals surface area contributed by atoms with Gasteiger partial charge in [0, 0.05) is 30.9 Å². The molecule has 2 saturated heterocycles. The highest BCUT2D eigenvalue weighted by atomic mass is 32.2. The number of anilines is 2. The van der Waals surface area contributed by atoms with E-state index in [2.05, 4.69) is 14.9 Å². The van der Waals surface area contributed by atoms with Crippen LogP contribution in [0.2, 0.25) is 0 Å². The van der Waals surface area contributed by atoms with Crippen LogP contribution in [-0.2, 0) is 19.6 Å². The highest BCUT2D eigenvalue weighted by molar-refractivity contribution is 7.92. The summed E-state index contributed by atoms with van der Waals surface area (Å²) in [7, 11) is -2.26. The van der Waals surface area contributed by atoms with Crippen LogP contribution in [0.1, 0.15) is 54.1 Å². The van der Waals surface area contributed by atoms with Crippen molar-refractivity contribution >= 4 is 33.3 Å². The van der Waals surface area contributed by atoms with Crippen molar-refractivity contribution in [3.63, 3.8) is 0 Å². The van der Waals surface area contributed by atoms with Crippen molar-refractivity contribution in [3.8, 4) is 5.75 Å². The fourth-order valence-electron chi connectivity index (χ4n) is 5.21. The molecule has 2 aliphatic rings. The Balaban J connectivity index is 1.41. The second-order valence-electron chi connectivity index (χ2n) is 10.0. The van der Waals surface area contributed by atoms with Crippen LogP contribution in [-0.4, -0.2) is 80.6 Å². The molecule has 212 valence electrons. The van der Waals surface area contributed by atoms with E-state index in [1.54, 1.807) is 23.1 Å². The van der Waals surface area contributed by atoms with E-state index in [0.29, 0.717) is 24.1 Å². The van der Waals surface area contributed by atoms with E-state index >= 15 is 0 Å². The number of aromatic hydroxyl groups is 1. The van der Waals surface area contributed by atoms with E-state index in [9.17, 15) is 28.2 Å². The Kier molecular flexibility index (Phi) is 8.98. The van der Waals surface area contributed by atoms with E-state index in [1.165, 1.54) is 19.2 Å². The first-order valence-corrected chi connectivity index (χ1v) is 14.9. The Labute approximate surface area is 228 Å². The maximum atomic E-state index is 13.1. The number of rotatable bonds is 9. The molecule has 3 atom stereocenters. The van der Waals surface area contributed by atoms with Crippen LogP contribution < -0.4 is 14.9 Å². The van der Waals surface area contributed by atoms with Crippen molar-refractivity contribution in [3.05, 3.63) is 53.6 Å². The van der Waals surface area contributed by atoms with Gasteiger partial charge < -0.3 is 24.7 Å². The van der Waals surface area contributed by atoms with Crippen molar-refractivity contribution in [2.45, 2.75) is 50.4 Å². The lowest BCUT2D eigenvalue weighted by Gasteiger charge is -2.38. The number of benzene rings is 2. The highest BCUT2D eigenvalue weighted by Crippen LogP contribution is 2.29. The number of aliphatic hydroxyl groups excluding tert-OH is 1. The number of nitrogens with one attached hydrogen (secondary N) is 2.